The molecule has 1 aromatic carbocycles. The lowest BCUT2D eigenvalue weighted by atomic mass is 9.94. The minimum absolute atomic E-state index is 0.0286. The van der Waals surface area contributed by atoms with Gasteiger partial charge in [-0.15, -0.1) is 0 Å². The molecule has 0 radical (unpaired) electrons. The number of fused-ring (bicyclic) bond motifs is 2. The zero-order chi connectivity index (χ0) is 15.9. The van der Waals surface area contributed by atoms with Gasteiger partial charge in [-0.25, -0.2) is 4.79 Å². The van der Waals surface area contributed by atoms with Crippen molar-refractivity contribution in [2.24, 2.45) is 11.8 Å². The third-order valence-electron chi connectivity index (χ3n) is 5.56. The molecule has 4 heteroatoms. The smallest absolute Gasteiger partial charge is 0.326 e. The fourth-order valence-electron chi connectivity index (χ4n) is 3.88. The summed E-state index contributed by atoms with van der Waals surface area (Å²) in [5, 5.41) is 12.1. The summed E-state index contributed by atoms with van der Waals surface area (Å²) in [6, 6.07) is 7.54. The molecule has 2 aliphatic rings. The second-order valence-electron chi connectivity index (χ2n) is 6.78. The lowest BCUT2D eigenvalue weighted by Gasteiger charge is -2.21. The number of hydrogen-bond acceptors (Lipinski definition) is 2. The molecule has 22 heavy (non-hydrogen) atoms. The molecule has 2 N–H and O–H groups in total. The van der Waals surface area contributed by atoms with Gasteiger partial charge in [0.1, 0.15) is 6.04 Å². The Kier molecular flexibility index (Phi) is 3.71. The van der Waals surface area contributed by atoms with Crippen LogP contribution in [0.5, 0.6) is 0 Å². The molecule has 2 aliphatic carbocycles. The first kappa shape index (κ1) is 15.1. The summed E-state index contributed by atoms with van der Waals surface area (Å²) in [6.07, 6.45) is 3.61. The van der Waals surface area contributed by atoms with Crippen LogP contribution in [0.1, 0.15) is 44.2 Å². The summed E-state index contributed by atoms with van der Waals surface area (Å²) >= 11 is 0. The van der Waals surface area contributed by atoms with E-state index in [1.165, 1.54) is 11.1 Å². The monoisotopic (exact) mass is 301 g/mol. The van der Waals surface area contributed by atoms with Gasteiger partial charge in [-0.1, -0.05) is 44.5 Å². The molecule has 1 fully saturated rings. The summed E-state index contributed by atoms with van der Waals surface area (Å²) < 4.78 is 0. The van der Waals surface area contributed by atoms with Gasteiger partial charge in [-0.05, 0) is 36.3 Å². The number of carboxylic acids is 1. The molecule has 1 aromatic rings. The number of carbonyl (C=O) groups excluding carboxylic acids is 1. The average Bonchev–Trinajstić information content (AvgIpc) is 3.13. The van der Waals surface area contributed by atoms with E-state index in [1.807, 2.05) is 26.0 Å². The van der Waals surface area contributed by atoms with Crippen molar-refractivity contribution in [1.82, 2.24) is 5.32 Å². The van der Waals surface area contributed by atoms with Crippen molar-refractivity contribution in [3.8, 4) is 0 Å². The normalized spacial score (nSPS) is 28.0. The summed E-state index contributed by atoms with van der Waals surface area (Å²) in [6.45, 7) is 3.81. The minimum Gasteiger partial charge on any atom is -0.480 e. The Labute approximate surface area is 130 Å². The first-order valence-corrected chi connectivity index (χ1v) is 8.11. The molecule has 0 heterocycles. The largest absolute Gasteiger partial charge is 0.480 e. The van der Waals surface area contributed by atoms with Crippen molar-refractivity contribution >= 4 is 11.9 Å². The Morgan fingerprint density at radius 2 is 2.14 bits per heavy atom. The summed E-state index contributed by atoms with van der Waals surface area (Å²) in [4.78, 5) is 23.9. The number of benzene rings is 1. The van der Waals surface area contributed by atoms with Crippen LogP contribution in [0, 0.1) is 11.8 Å². The van der Waals surface area contributed by atoms with Gasteiger partial charge in [0.2, 0.25) is 5.91 Å². The number of rotatable bonds is 5. The highest BCUT2D eigenvalue weighted by Crippen LogP contribution is 2.61. The van der Waals surface area contributed by atoms with E-state index in [0.717, 1.165) is 25.7 Å². The van der Waals surface area contributed by atoms with Gasteiger partial charge in [0.15, 0.2) is 0 Å². The summed E-state index contributed by atoms with van der Waals surface area (Å²) in [5.74, 6) is -1.16. The Hall–Kier alpha value is -1.84. The molecular weight excluding hydrogens is 278 g/mol. The van der Waals surface area contributed by atoms with Crippen molar-refractivity contribution in [2.75, 3.05) is 0 Å². The molecule has 0 saturated heterocycles. The number of carboxylic acid groups (broad SMARTS) is 1. The van der Waals surface area contributed by atoms with Crippen molar-refractivity contribution in [1.29, 1.82) is 0 Å². The molecule has 2 unspecified atom stereocenters. The zero-order valence-corrected chi connectivity index (χ0v) is 13.1. The van der Waals surface area contributed by atoms with Crippen LogP contribution in [0.15, 0.2) is 24.3 Å². The molecule has 1 saturated carbocycles. The van der Waals surface area contributed by atoms with E-state index in [4.69, 9.17) is 0 Å². The molecule has 4 atom stereocenters. The van der Waals surface area contributed by atoms with E-state index in [-0.39, 0.29) is 23.2 Å². The van der Waals surface area contributed by atoms with Crippen LogP contribution in [-0.2, 0) is 21.4 Å². The van der Waals surface area contributed by atoms with Crippen molar-refractivity contribution in [3.05, 3.63) is 35.4 Å². The highest BCUT2D eigenvalue weighted by molar-refractivity contribution is 5.89. The van der Waals surface area contributed by atoms with Gasteiger partial charge in [-0.2, -0.15) is 0 Å². The van der Waals surface area contributed by atoms with E-state index in [1.54, 1.807) is 0 Å². The fraction of sp³-hybridized carbons (Fsp3) is 0.556. The van der Waals surface area contributed by atoms with Crippen LogP contribution in [0.2, 0.25) is 0 Å². The van der Waals surface area contributed by atoms with E-state index >= 15 is 0 Å². The lowest BCUT2D eigenvalue weighted by molar-refractivity contribution is -0.143. The number of hydrogen-bond donors (Lipinski definition) is 2. The molecule has 0 aromatic heterocycles. The lowest BCUT2D eigenvalue weighted by Crippen LogP contribution is -2.46. The Balaban J connectivity index is 1.72. The van der Waals surface area contributed by atoms with Gasteiger partial charge in [-0.3, -0.25) is 4.79 Å². The number of nitrogens with one attached hydrogen (secondary N) is 1. The first-order chi connectivity index (χ1) is 10.5. The fourth-order valence-corrected chi connectivity index (χ4v) is 3.88. The predicted molar refractivity (Wildman–Crippen MR) is 83.6 cm³/mol. The molecular formula is C18H23NO3. The predicted octanol–water partition coefficient (Wildman–Crippen LogP) is 2.51. The van der Waals surface area contributed by atoms with E-state index in [2.05, 4.69) is 17.4 Å². The third-order valence-corrected chi connectivity index (χ3v) is 5.56. The number of aryl methyl sites for hydroxylation is 1. The second-order valence-corrected chi connectivity index (χ2v) is 6.78. The second kappa shape index (κ2) is 5.41. The van der Waals surface area contributed by atoms with Gasteiger partial charge >= 0.3 is 5.97 Å². The summed E-state index contributed by atoms with van der Waals surface area (Å²) in [5.41, 5.74) is 2.61. The molecule has 4 nitrogen and oxygen atoms in total. The molecule has 118 valence electrons. The third kappa shape index (κ3) is 2.31. The SMILES string of the molecule is CC[C@H](C)[C@H](NC(=O)C1CC12CCc1ccccc12)C(=O)O. The van der Waals surface area contributed by atoms with Gasteiger partial charge in [0.25, 0.3) is 0 Å². The highest BCUT2D eigenvalue weighted by Gasteiger charge is 2.61. The van der Waals surface area contributed by atoms with Crippen molar-refractivity contribution < 1.29 is 14.7 Å². The van der Waals surface area contributed by atoms with Crippen LogP contribution in [0.4, 0.5) is 0 Å². The molecule has 0 bridgehead atoms. The van der Waals surface area contributed by atoms with Gasteiger partial charge < -0.3 is 10.4 Å². The number of amides is 1. The summed E-state index contributed by atoms with van der Waals surface area (Å²) in [7, 11) is 0. The maximum Gasteiger partial charge on any atom is 0.326 e. The van der Waals surface area contributed by atoms with Crippen LogP contribution in [-0.4, -0.2) is 23.0 Å². The maximum atomic E-state index is 12.5. The van der Waals surface area contributed by atoms with Crippen LogP contribution >= 0.6 is 0 Å². The minimum atomic E-state index is -0.941. The topological polar surface area (TPSA) is 66.4 Å². The molecule has 1 spiro atoms. The Morgan fingerprint density at radius 3 is 2.82 bits per heavy atom. The highest BCUT2D eigenvalue weighted by atomic mass is 16.4. The van der Waals surface area contributed by atoms with Crippen molar-refractivity contribution in [3.63, 3.8) is 0 Å². The number of carbonyl (C=O) groups is 2. The van der Waals surface area contributed by atoms with E-state index < -0.39 is 12.0 Å². The number of aliphatic carboxylic acids is 1. The Morgan fingerprint density at radius 1 is 1.41 bits per heavy atom. The molecule has 3 rings (SSSR count). The van der Waals surface area contributed by atoms with Gasteiger partial charge in [0.05, 0.1) is 0 Å². The van der Waals surface area contributed by atoms with Crippen molar-refractivity contribution in [2.45, 2.75) is 51.0 Å². The average molecular weight is 301 g/mol. The molecule has 1 amide bonds. The zero-order valence-electron chi connectivity index (χ0n) is 13.1. The van der Waals surface area contributed by atoms with Crippen LogP contribution in [0.3, 0.4) is 0 Å². The van der Waals surface area contributed by atoms with E-state index in [9.17, 15) is 14.7 Å². The van der Waals surface area contributed by atoms with Crippen LogP contribution in [0.25, 0.3) is 0 Å². The van der Waals surface area contributed by atoms with Gasteiger partial charge in [0, 0.05) is 11.3 Å². The standard InChI is InChI=1S/C18H23NO3/c1-3-11(2)15(17(21)22)19-16(20)14-10-18(14)9-8-12-6-4-5-7-13(12)18/h4-7,11,14-15H,3,8-10H2,1-2H3,(H,19,20)(H,21,22)/t11-,14?,15-,18?/m0/s1. The first-order valence-electron chi connectivity index (χ1n) is 8.11. The van der Waals surface area contributed by atoms with Crippen LogP contribution < -0.4 is 5.32 Å². The Bertz CT molecular complexity index is 612. The molecule has 0 aliphatic heterocycles. The van der Waals surface area contributed by atoms with E-state index in [0.29, 0.717) is 0 Å². The quantitative estimate of drug-likeness (QED) is 0.878. The maximum absolute atomic E-state index is 12.5.